The predicted octanol–water partition coefficient (Wildman–Crippen LogP) is 5.30. The number of nitrogens with zero attached hydrogens (tertiary/aromatic N) is 5. The van der Waals surface area contributed by atoms with Crippen molar-refractivity contribution in [2.75, 3.05) is 12.9 Å². The second-order valence-electron chi connectivity index (χ2n) is 6.01. The van der Waals surface area contributed by atoms with Crippen LogP contribution in [0.4, 0.5) is 18.9 Å². The van der Waals surface area contributed by atoms with E-state index in [4.69, 9.17) is 11.6 Å². The Morgan fingerprint density at radius 1 is 1.23 bits per heavy atom. The van der Waals surface area contributed by atoms with Crippen LogP contribution in [0.1, 0.15) is 12.5 Å². The largest absolute Gasteiger partial charge is 0.416 e. The van der Waals surface area contributed by atoms with Gasteiger partial charge in [0, 0.05) is 29.8 Å². The van der Waals surface area contributed by atoms with Crippen LogP contribution in [0.2, 0.25) is 5.02 Å². The number of alkyl halides is 3. The number of thioether (sulfide) groups is 1. The zero-order valence-electron chi connectivity index (χ0n) is 16.1. The van der Waals surface area contributed by atoms with E-state index < -0.39 is 11.7 Å². The minimum atomic E-state index is -4.51. The van der Waals surface area contributed by atoms with E-state index in [2.05, 4.69) is 20.0 Å². The van der Waals surface area contributed by atoms with Crippen molar-refractivity contribution in [3.8, 4) is 22.9 Å². The summed E-state index contributed by atoms with van der Waals surface area (Å²) in [7, 11) is 2.81. The first-order valence-electron chi connectivity index (χ1n) is 8.58. The number of benzene rings is 1. The monoisotopic (exact) mass is 458 g/mol. The molecule has 0 N–H and O–H groups in total. The van der Waals surface area contributed by atoms with Gasteiger partial charge in [0.25, 0.3) is 4.92 Å². The third kappa shape index (κ3) is 4.26. The summed E-state index contributed by atoms with van der Waals surface area (Å²) in [6.45, 7) is 1.94. The SMILES string of the molecule is CCSc1cc(Cl)c([N+](=O)OC)cc1-c1nnc(-c2cc(C(F)(F)F)ccn2)n1C. The standard InChI is InChI=1S/C18H16ClF3N5O2S/c1-4-30-15-9-12(19)14(27(28)29-3)8-11(15)16-24-25-17(26(16)2)13-7-10(5-6-23-13)18(20,21)22/h5-9H,4H2,1-3H3/q+1. The summed E-state index contributed by atoms with van der Waals surface area (Å²) in [6, 6.07) is 4.91. The van der Waals surface area contributed by atoms with Crippen molar-refractivity contribution in [3.63, 3.8) is 0 Å². The van der Waals surface area contributed by atoms with E-state index in [1.807, 2.05) is 6.92 Å². The van der Waals surface area contributed by atoms with Crippen molar-refractivity contribution in [3.05, 3.63) is 46.0 Å². The van der Waals surface area contributed by atoms with Gasteiger partial charge in [0.1, 0.15) is 10.7 Å². The van der Waals surface area contributed by atoms with Gasteiger partial charge in [0.2, 0.25) is 0 Å². The number of rotatable bonds is 6. The minimum Gasteiger partial charge on any atom is -0.309 e. The van der Waals surface area contributed by atoms with Crippen LogP contribution in [-0.4, -0.2) is 37.5 Å². The Morgan fingerprint density at radius 2 is 1.93 bits per heavy atom. The molecule has 0 radical (unpaired) electrons. The number of halogens is 4. The molecule has 0 bridgehead atoms. The molecule has 0 amide bonds. The summed E-state index contributed by atoms with van der Waals surface area (Å²) < 4.78 is 40.7. The number of hydrogen-bond donors (Lipinski definition) is 0. The van der Waals surface area contributed by atoms with Crippen molar-refractivity contribution in [1.82, 2.24) is 19.7 Å². The second-order valence-corrected chi connectivity index (χ2v) is 7.72. The Hall–Kier alpha value is -2.66. The maximum Gasteiger partial charge on any atom is 0.416 e. The molecule has 0 atom stereocenters. The van der Waals surface area contributed by atoms with Gasteiger partial charge in [-0.05, 0) is 24.0 Å². The molecule has 0 spiro atoms. The molecule has 2 heterocycles. The first-order chi connectivity index (χ1) is 14.2. The average Bonchev–Trinajstić information content (AvgIpc) is 3.08. The van der Waals surface area contributed by atoms with E-state index in [0.717, 1.165) is 23.2 Å². The molecular weight excluding hydrogens is 443 g/mol. The van der Waals surface area contributed by atoms with Crippen molar-refractivity contribution in [2.24, 2.45) is 7.05 Å². The summed E-state index contributed by atoms with van der Waals surface area (Å²) in [5.74, 6) is 1.20. The molecule has 3 rings (SSSR count). The van der Waals surface area contributed by atoms with E-state index in [1.165, 1.54) is 29.5 Å². The topological polar surface area (TPSA) is 72.9 Å². The normalized spacial score (nSPS) is 11.6. The van der Waals surface area contributed by atoms with E-state index in [0.29, 0.717) is 17.1 Å². The Labute approximate surface area is 178 Å². The lowest BCUT2D eigenvalue weighted by molar-refractivity contribution is -0.736. The molecule has 12 heteroatoms. The quantitative estimate of drug-likeness (QED) is 0.368. The zero-order valence-corrected chi connectivity index (χ0v) is 17.6. The average molecular weight is 459 g/mol. The molecule has 158 valence electrons. The van der Waals surface area contributed by atoms with Gasteiger partial charge in [0.15, 0.2) is 18.8 Å². The molecule has 30 heavy (non-hydrogen) atoms. The molecule has 2 aromatic heterocycles. The molecule has 0 saturated heterocycles. The first-order valence-corrected chi connectivity index (χ1v) is 9.94. The van der Waals surface area contributed by atoms with Crippen molar-refractivity contribution in [1.29, 1.82) is 0 Å². The van der Waals surface area contributed by atoms with E-state index in [1.54, 1.807) is 13.1 Å². The Morgan fingerprint density at radius 3 is 2.57 bits per heavy atom. The maximum absolute atomic E-state index is 13.1. The number of aromatic nitrogens is 4. The van der Waals surface area contributed by atoms with Crippen LogP contribution >= 0.6 is 23.4 Å². The summed E-state index contributed by atoms with van der Waals surface area (Å²) in [4.78, 5) is 21.6. The summed E-state index contributed by atoms with van der Waals surface area (Å²) in [5.41, 5.74) is -0.216. The summed E-state index contributed by atoms with van der Waals surface area (Å²) in [6.07, 6.45) is -3.44. The van der Waals surface area contributed by atoms with Crippen LogP contribution in [-0.2, 0) is 18.1 Å². The van der Waals surface area contributed by atoms with Gasteiger partial charge in [-0.25, -0.2) is 4.84 Å². The van der Waals surface area contributed by atoms with Crippen LogP contribution in [0, 0.1) is 4.91 Å². The molecular formula is C18H16ClF3N5O2S+. The zero-order chi connectivity index (χ0) is 22.1. The fraction of sp³-hybridized carbons (Fsp3) is 0.278. The number of pyridine rings is 1. The van der Waals surface area contributed by atoms with Gasteiger partial charge < -0.3 is 4.57 Å². The number of hydrogen-bond acceptors (Lipinski definition) is 6. The molecule has 3 aromatic rings. The third-order valence-electron chi connectivity index (χ3n) is 4.14. The Balaban J connectivity index is 2.15. The second kappa shape index (κ2) is 8.60. The van der Waals surface area contributed by atoms with Gasteiger partial charge in [-0.1, -0.05) is 18.5 Å². The van der Waals surface area contributed by atoms with Crippen LogP contribution in [0.15, 0.2) is 35.4 Å². The highest BCUT2D eigenvalue weighted by molar-refractivity contribution is 7.99. The van der Waals surface area contributed by atoms with Gasteiger partial charge >= 0.3 is 11.9 Å². The first kappa shape index (κ1) is 22.0. The fourth-order valence-corrected chi connectivity index (χ4v) is 3.86. The molecule has 0 fully saturated rings. The highest BCUT2D eigenvalue weighted by Gasteiger charge is 2.31. The predicted molar refractivity (Wildman–Crippen MR) is 106 cm³/mol. The van der Waals surface area contributed by atoms with Crippen molar-refractivity contribution in [2.45, 2.75) is 18.0 Å². The highest BCUT2D eigenvalue weighted by Crippen LogP contribution is 2.39. The smallest absolute Gasteiger partial charge is 0.309 e. The van der Waals surface area contributed by atoms with Gasteiger partial charge in [-0.2, -0.15) is 13.2 Å². The van der Waals surface area contributed by atoms with Crippen molar-refractivity contribution >= 4 is 29.1 Å². The molecule has 7 nitrogen and oxygen atoms in total. The fourth-order valence-electron chi connectivity index (χ4n) is 2.75. The van der Waals surface area contributed by atoms with E-state index >= 15 is 0 Å². The van der Waals surface area contributed by atoms with Crippen LogP contribution in [0.5, 0.6) is 0 Å². The van der Waals surface area contributed by atoms with Crippen LogP contribution in [0.25, 0.3) is 22.9 Å². The van der Waals surface area contributed by atoms with E-state index in [-0.39, 0.29) is 27.2 Å². The lowest BCUT2D eigenvalue weighted by Crippen LogP contribution is -2.06. The van der Waals surface area contributed by atoms with Gasteiger partial charge in [-0.15, -0.1) is 22.0 Å². The lowest BCUT2D eigenvalue weighted by atomic mass is 10.2. The van der Waals surface area contributed by atoms with Crippen LogP contribution < -0.4 is 0 Å². The molecule has 0 aliphatic carbocycles. The molecule has 0 unspecified atom stereocenters. The minimum absolute atomic E-state index is 0.0206. The molecule has 0 saturated carbocycles. The lowest BCUT2D eigenvalue weighted by Gasteiger charge is -2.10. The van der Waals surface area contributed by atoms with Gasteiger partial charge in [-0.3, -0.25) is 4.98 Å². The summed E-state index contributed by atoms with van der Waals surface area (Å²) >= 11 is 7.67. The molecule has 0 aliphatic heterocycles. The highest BCUT2D eigenvalue weighted by atomic mass is 35.5. The molecule has 1 aromatic carbocycles. The maximum atomic E-state index is 13.1. The Kier molecular flexibility index (Phi) is 6.32. The van der Waals surface area contributed by atoms with Crippen LogP contribution in [0.3, 0.4) is 0 Å². The third-order valence-corrected chi connectivity index (χ3v) is 5.38. The van der Waals surface area contributed by atoms with E-state index in [9.17, 15) is 18.1 Å². The summed E-state index contributed by atoms with van der Waals surface area (Å²) in [5, 5.41) is 8.34. The van der Waals surface area contributed by atoms with Gasteiger partial charge in [0.05, 0.1) is 10.5 Å². The Bertz CT molecular complexity index is 1100. The van der Waals surface area contributed by atoms with Crippen molar-refractivity contribution < 1.29 is 22.9 Å². The molecule has 0 aliphatic rings.